The van der Waals surface area contributed by atoms with Crippen molar-refractivity contribution < 1.29 is 32.8 Å². The van der Waals surface area contributed by atoms with Gasteiger partial charge in [-0.1, -0.05) is 44.2 Å². The minimum Gasteiger partial charge on any atom is -0.481 e. The lowest BCUT2D eigenvalue weighted by Gasteiger charge is -2.44. The molecule has 1 unspecified atom stereocenters. The van der Waals surface area contributed by atoms with Gasteiger partial charge in [-0.3, -0.25) is 14.1 Å². The molecule has 0 spiro atoms. The predicted molar refractivity (Wildman–Crippen MR) is 82.9 cm³/mol. The van der Waals surface area contributed by atoms with Gasteiger partial charge in [0, 0.05) is 5.41 Å². The Balaban J connectivity index is 3.92. The second-order valence-electron chi connectivity index (χ2n) is 5.33. The largest absolute Gasteiger partial charge is 0.481 e. The summed E-state index contributed by atoms with van der Waals surface area (Å²) >= 11 is 0. The second-order valence-corrected chi connectivity index (χ2v) is 6.98. The first-order valence-corrected chi connectivity index (χ1v) is 8.50. The molecule has 8 heteroatoms. The Morgan fingerprint density at radius 2 is 1.52 bits per heavy atom. The summed E-state index contributed by atoms with van der Waals surface area (Å²) in [6, 6.07) is 7.96. The van der Waals surface area contributed by atoms with Gasteiger partial charge >= 0.3 is 11.9 Å². The predicted octanol–water partition coefficient (Wildman–Crippen LogP) is 1.93. The van der Waals surface area contributed by atoms with E-state index < -0.39 is 38.6 Å². The summed E-state index contributed by atoms with van der Waals surface area (Å²) in [5, 5.41) is 18.8. The summed E-state index contributed by atoms with van der Waals surface area (Å²) < 4.78 is 31.0. The van der Waals surface area contributed by atoms with Crippen LogP contribution in [0.25, 0.3) is 0 Å². The number of hydrogen-bond donors (Lipinski definition) is 3. The van der Waals surface area contributed by atoms with Crippen molar-refractivity contribution in [1.29, 1.82) is 0 Å². The van der Waals surface area contributed by atoms with Crippen LogP contribution in [0.15, 0.2) is 30.3 Å². The molecule has 0 fully saturated rings. The molecule has 0 aliphatic carbocycles. The van der Waals surface area contributed by atoms with E-state index in [9.17, 15) is 27.7 Å². The van der Waals surface area contributed by atoms with E-state index in [1.807, 2.05) is 0 Å². The molecule has 0 amide bonds. The molecule has 23 heavy (non-hydrogen) atoms. The van der Waals surface area contributed by atoms with Crippen molar-refractivity contribution in [3.8, 4) is 0 Å². The maximum absolute atomic E-state index is 12.1. The Bertz CT molecular complexity index is 677. The third-order valence-electron chi connectivity index (χ3n) is 4.49. The van der Waals surface area contributed by atoms with Crippen LogP contribution in [0.3, 0.4) is 0 Å². The Morgan fingerprint density at radius 1 is 1.04 bits per heavy atom. The molecule has 1 aromatic rings. The standard InChI is InChI=1S/C15H20O7S/c1-3-14(4-2,11-8-6-5-7-9-11)15(13(18)19,10-12(16)17)23(20,21)22/h5-9H,3-4,10H2,1-2H3,(H,16,17)(H,18,19)(H,20,21,22). The van der Waals surface area contributed by atoms with Crippen LogP contribution in [-0.2, 0) is 25.1 Å². The first-order chi connectivity index (χ1) is 10.6. The smallest absolute Gasteiger partial charge is 0.329 e. The lowest BCUT2D eigenvalue weighted by atomic mass is 9.64. The van der Waals surface area contributed by atoms with Gasteiger partial charge in [0.25, 0.3) is 10.1 Å². The van der Waals surface area contributed by atoms with Crippen molar-refractivity contribution in [2.75, 3.05) is 0 Å². The summed E-state index contributed by atoms with van der Waals surface area (Å²) in [4.78, 5) is 23.2. The molecular formula is C15H20O7S. The molecule has 1 atom stereocenters. The van der Waals surface area contributed by atoms with Gasteiger partial charge in [0.15, 0.2) is 0 Å². The molecule has 0 heterocycles. The number of benzene rings is 1. The van der Waals surface area contributed by atoms with Crippen LogP contribution in [-0.4, -0.2) is 39.9 Å². The zero-order valence-electron chi connectivity index (χ0n) is 12.9. The first-order valence-electron chi connectivity index (χ1n) is 7.06. The van der Waals surface area contributed by atoms with Crippen LogP contribution in [0.2, 0.25) is 0 Å². The first kappa shape index (κ1) is 19.1. The molecular weight excluding hydrogens is 324 g/mol. The van der Waals surface area contributed by atoms with Crippen molar-refractivity contribution in [3.05, 3.63) is 35.9 Å². The van der Waals surface area contributed by atoms with Crippen molar-refractivity contribution in [3.63, 3.8) is 0 Å². The van der Waals surface area contributed by atoms with Crippen molar-refractivity contribution in [2.45, 2.75) is 43.3 Å². The SMILES string of the molecule is CCC(CC)(c1ccccc1)C(CC(=O)O)(C(=O)O)S(=O)(=O)O. The Kier molecular flexibility index (Phi) is 5.55. The Morgan fingerprint density at radius 3 is 1.83 bits per heavy atom. The van der Waals surface area contributed by atoms with Gasteiger partial charge in [-0.05, 0) is 18.4 Å². The molecule has 3 N–H and O–H groups in total. The lowest BCUT2D eigenvalue weighted by molar-refractivity contribution is -0.149. The zero-order chi connectivity index (χ0) is 17.9. The van der Waals surface area contributed by atoms with Gasteiger partial charge in [0.1, 0.15) is 0 Å². The maximum Gasteiger partial charge on any atom is 0.329 e. The third kappa shape index (κ3) is 2.96. The van der Waals surface area contributed by atoms with E-state index in [0.29, 0.717) is 5.56 Å². The molecule has 1 rings (SSSR count). The Labute approximate surface area is 134 Å². The van der Waals surface area contributed by atoms with E-state index in [-0.39, 0.29) is 12.8 Å². The van der Waals surface area contributed by atoms with Gasteiger partial charge < -0.3 is 10.2 Å². The molecule has 0 saturated heterocycles. The molecule has 0 aromatic heterocycles. The molecule has 0 aliphatic rings. The van der Waals surface area contributed by atoms with E-state index in [0.717, 1.165) is 0 Å². The fourth-order valence-corrected chi connectivity index (χ4v) is 4.76. The molecule has 7 nitrogen and oxygen atoms in total. The number of carbonyl (C=O) groups is 2. The average molecular weight is 344 g/mol. The van der Waals surface area contributed by atoms with Gasteiger partial charge in [0.05, 0.1) is 6.42 Å². The topological polar surface area (TPSA) is 129 Å². The summed E-state index contributed by atoms with van der Waals surface area (Å²) in [6.45, 7) is 3.14. The average Bonchev–Trinajstić information content (AvgIpc) is 2.47. The minimum atomic E-state index is -5.23. The second kappa shape index (κ2) is 6.67. The van der Waals surface area contributed by atoms with Gasteiger partial charge in [-0.15, -0.1) is 0 Å². The molecule has 1 aromatic carbocycles. The van der Waals surface area contributed by atoms with E-state index in [2.05, 4.69) is 0 Å². The molecule has 128 valence electrons. The molecule has 0 bridgehead atoms. The number of aliphatic carboxylic acids is 2. The number of hydrogen-bond acceptors (Lipinski definition) is 4. The van der Waals surface area contributed by atoms with Crippen LogP contribution in [0.4, 0.5) is 0 Å². The fourth-order valence-electron chi connectivity index (χ4n) is 3.33. The molecule has 0 saturated carbocycles. The zero-order valence-corrected chi connectivity index (χ0v) is 13.7. The van der Waals surface area contributed by atoms with E-state index in [1.54, 1.807) is 32.0 Å². The van der Waals surface area contributed by atoms with E-state index in [1.165, 1.54) is 12.1 Å². The number of carboxylic acids is 2. The molecule has 0 aliphatic heterocycles. The summed E-state index contributed by atoms with van der Waals surface area (Å²) in [7, 11) is -5.23. The highest BCUT2D eigenvalue weighted by Crippen LogP contribution is 2.48. The maximum atomic E-state index is 12.1. The van der Waals surface area contributed by atoms with Gasteiger partial charge in [-0.25, -0.2) is 0 Å². The summed E-state index contributed by atoms with van der Waals surface area (Å²) in [5.74, 6) is -3.50. The highest BCUT2D eigenvalue weighted by Gasteiger charge is 2.65. The highest BCUT2D eigenvalue weighted by atomic mass is 32.2. The normalized spacial score (nSPS) is 14.9. The van der Waals surface area contributed by atoms with Gasteiger partial charge in [0.2, 0.25) is 4.75 Å². The monoisotopic (exact) mass is 344 g/mol. The van der Waals surface area contributed by atoms with Crippen LogP contribution in [0.5, 0.6) is 0 Å². The summed E-state index contributed by atoms with van der Waals surface area (Å²) in [5.41, 5.74) is -1.24. The van der Waals surface area contributed by atoms with Gasteiger partial charge in [-0.2, -0.15) is 8.42 Å². The van der Waals surface area contributed by atoms with E-state index in [4.69, 9.17) is 5.11 Å². The fraction of sp³-hybridized carbons (Fsp3) is 0.467. The molecule has 0 radical (unpaired) electrons. The quantitative estimate of drug-likeness (QED) is 0.614. The van der Waals surface area contributed by atoms with Crippen molar-refractivity contribution >= 4 is 22.1 Å². The van der Waals surface area contributed by atoms with Crippen LogP contribution in [0, 0.1) is 0 Å². The number of carboxylic acid groups (broad SMARTS) is 2. The summed E-state index contributed by atoms with van der Waals surface area (Å²) in [6.07, 6.45) is -1.20. The highest BCUT2D eigenvalue weighted by molar-refractivity contribution is 7.88. The van der Waals surface area contributed by atoms with Crippen molar-refractivity contribution in [2.24, 2.45) is 0 Å². The lowest BCUT2D eigenvalue weighted by Crippen LogP contribution is -2.62. The van der Waals surface area contributed by atoms with E-state index >= 15 is 0 Å². The minimum absolute atomic E-state index is 0.0207. The van der Waals surface area contributed by atoms with Crippen LogP contribution >= 0.6 is 0 Å². The third-order valence-corrected chi connectivity index (χ3v) is 6.08. The number of rotatable bonds is 8. The Hall–Kier alpha value is -1.93. The van der Waals surface area contributed by atoms with Crippen LogP contribution < -0.4 is 0 Å². The van der Waals surface area contributed by atoms with Crippen molar-refractivity contribution in [1.82, 2.24) is 0 Å². The van der Waals surface area contributed by atoms with Crippen LogP contribution in [0.1, 0.15) is 38.7 Å².